The molecule has 8 heteroatoms. The number of pyridine rings is 1. The molecule has 2 N–H and O–H groups in total. The van der Waals surface area contributed by atoms with Gasteiger partial charge in [0.15, 0.2) is 0 Å². The number of halogens is 2. The van der Waals surface area contributed by atoms with Crippen molar-refractivity contribution in [2.75, 3.05) is 6.61 Å². The molecule has 31 heavy (non-hydrogen) atoms. The first-order valence-corrected chi connectivity index (χ1v) is 10.4. The molecular formula is C23H23ClFN3O3. The summed E-state index contributed by atoms with van der Waals surface area (Å²) in [6.45, 7) is 3.63. The van der Waals surface area contributed by atoms with E-state index in [9.17, 15) is 14.0 Å². The van der Waals surface area contributed by atoms with Crippen LogP contribution in [0.2, 0.25) is 5.15 Å². The van der Waals surface area contributed by atoms with E-state index in [0.29, 0.717) is 29.7 Å². The van der Waals surface area contributed by atoms with Gasteiger partial charge in [-0.05, 0) is 74.9 Å². The maximum atomic E-state index is 14.8. The van der Waals surface area contributed by atoms with E-state index in [0.717, 1.165) is 18.9 Å². The summed E-state index contributed by atoms with van der Waals surface area (Å²) in [6, 6.07) is 5.70. The number of hydrogen-bond acceptors (Lipinski definition) is 5. The number of amides is 1. The number of carbonyl (C=O) groups is 2. The Balaban J connectivity index is 2.00. The van der Waals surface area contributed by atoms with Crippen molar-refractivity contribution in [3.8, 4) is 0 Å². The van der Waals surface area contributed by atoms with Crippen LogP contribution in [0.15, 0.2) is 41.0 Å². The number of ether oxygens (including phenoxy) is 1. The van der Waals surface area contributed by atoms with Crippen molar-refractivity contribution in [1.82, 2.24) is 4.98 Å². The zero-order chi connectivity index (χ0) is 22.5. The van der Waals surface area contributed by atoms with Gasteiger partial charge in [-0.25, -0.2) is 19.2 Å². The van der Waals surface area contributed by atoms with Crippen LogP contribution in [0.1, 0.15) is 64.4 Å². The molecule has 1 aromatic heterocycles. The number of aryl methyl sites for hydroxylation is 1. The van der Waals surface area contributed by atoms with E-state index < -0.39 is 17.7 Å². The number of esters is 1. The SMILES string of the molecule is CCOC(=O)c1ccc(C(N)=C2CCCCC2=NC(=O)c2c(C)ccnc2Cl)c(F)c1. The highest BCUT2D eigenvalue weighted by Gasteiger charge is 2.22. The van der Waals surface area contributed by atoms with Gasteiger partial charge in [-0.1, -0.05) is 11.6 Å². The molecule has 0 radical (unpaired) electrons. The van der Waals surface area contributed by atoms with Crippen LogP contribution < -0.4 is 5.73 Å². The molecule has 0 bridgehead atoms. The molecule has 1 fully saturated rings. The normalized spacial score (nSPS) is 16.8. The lowest BCUT2D eigenvalue weighted by Crippen LogP contribution is -2.18. The Bertz CT molecular complexity index is 1080. The lowest BCUT2D eigenvalue weighted by Gasteiger charge is -2.20. The zero-order valence-corrected chi connectivity index (χ0v) is 18.1. The number of rotatable bonds is 4. The predicted octanol–water partition coefficient (Wildman–Crippen LogP) is 4.88. The molecule has 0 saturated heterocycles. The van der Waals surface area contributed by atoms with E-state index in [1.165, 1.54) is 18.3 Å². The number of nitrogens with two attached hydrogens (primary N) is 1. The fourth-order valence-electron chi connectivity index (χ4n) is 3.50. The van der Waals surface area contributed by atoms with Crippen LogP contribution in [-0.4, -0.2) is 29.2 Å². The van der Waals surface area contributed by atoms with Crippen LogP contribution in [0.4, 0.5) is 4.39 Å². The molecule has 1 amide bonds. The summed E-state index contributed by atoms with van der Waals surface area (Å²) >= 11 is 6.10. The lowest BCUT2D eigenvalue weighted by molar-refractivity contribution is 0.0525. The molecule has 1 aliphatic rings. The Morgan fingerprint density at radius 3 is 2.68 bits per heavy atom. The van der Waals surface area contributed by atoms with Gasteiger partial charge in [0, 0.05) is 23.2 Å². The molecule has 6 nitrogen and oxygen atoms in total. The minimum Gasteiger partial charge on any atom is -0.462 e. The highest BCUT2D eigenvalue weighted by Crippen LogP contribution is 2.29. The van der Waals surface area contributed by atoms with Gasteiger partial charge < -0.3 is 10.5 Å². The number of nitrogens with zero attached hydrogens (tertiary/aromatic N) is 2. The van der Waals surface area contributed by atoms with Crippen molar-refractivity contribution in [3.05, 3.63) is 69.3 Å². The van der Waals surface area contributed by atoms with Crippen LogP contribution in [0.3, 0.4) is 0 Å². The van der Waals surface area contributed by atoms with E-state index in [4.69, 9.17) is 22.1 Å². The number of benzene rings is 1. The second-order valence-electron chi connectivity index (χ2n) is 7.17. The Morgan fingerprint density at radius 1 is 1.26 bits per heavy atom. The predicted molar refractivity (Wildman–Crippen MR) is 118 cm³/mol. The minimum absolute atomic E-state index is 0.0873. The highest BCUT2D eigenvalue weighted by atomic mass is 35.5. The number of hydrogen-bond donors (Lipinski definition) is 1. The first kappa shape index (κ1) is 22.6. The number of aromatic nitrogens is 1. The summed E-state index contributed by atoms with van der Waals surface area (Å²) in [4.78, 5) is 32.9. The van der Waals surface area contributed by atoms with Crippen molar-refractivity contribution >= 4 is 34.9 Å². The van der Waals surface area contributed by atoms with Crippen LogP contribution in [0.5, 0.6) is 0 Å². The van der Waals surface area contributed by atoms with Gasteiger partial charge >= 0.3 is 5.97 Å². The minimum atomic E-state index is -0.641. The molecule has 0 aliphatic heterocycles. The summed E-state index contributed by atoms with van der Waals surface area (Å²) < 4.78 is 19.7. The number of allylic oxidation sites excluding steroid dienone is 1. The summed E-state index contributed by atoms with van der Waals surface area (Å²) in [5, 5.41) is 0.0873. The van der Waals surface area contributed by atoms with Gasteiger partial charge in [0.05, 0.1) is 17.7 Å². The first-order valence-electron chi connectivity index (χ1n) is 10.0. The molecule has 0 spiro atoms. The summed E-state index contributed by atoms with van der Waals surface area (Å²) in [6.07, 6.45) is 4.32. The molecule has 162 valence electrons. The maximum absolute atomic E-state index is 14.8. The summed E-state index contributed by atoms with van der Waals surface area (Å²) in [7, 11) is 0. The molecule has 1 saturated carbocycles. The third kappa shape index (κ3) is 4.99. The van der Waals surface area contributed by atoms with E-state index in [1.807, 2.05) is 0 Å². The van der Waals surface area contributed by atoms with Crippen LogP contribution >= 0.6 is 11.6 Å². The van der Waals surface area contributed by atoms with E-state index >= 15 is 0 Å². The Morgan fingerprint density at radius 2 is 2.00 bits per heavy atom. The Hall–Kier alpha value is -3.06. The smallest absolute Gasteiger partial charge is 0.338 e. The van der Waals surface area contributed by atoms with Crippen molar-refractivity contribution in [1.29, 1.82) is 0 Å². The van der Waals surface area contributed by atoms with Gasteiger partial charge in [-0.2, -0.15) is 0 Å². The molecule has 1 aromatic carbocycles. The van der Waals surface area contributed by atoms with Gasteiger partial charge in [-0.15, -0.1) is 0 Å². The average Bonchev–Trinajstić information content (AvgIpc) is 2.73. The zero-order valence-electron chi connectivity index (χ0n) is 17.4. The van der Waals surface area contributed by atoms with Crippen LogP contribution in [-0.2, 0) is 4.74 Å². The van der Waals surface area contributed by atoms with Crippen molar-refractivity contribution < 1.29 is 18.7 Å². The largest absolute Gasteiger partial charge is 0.462 e. The Kier molecular flexibility index (Phi) is 7.17. The topological polar surface area (TPSA) is 94.6 Å². The first-order chi connectivity index (χ1) is 14.8. The van der Waals surface area contributed by atoms with Crippen LogP contribution in [0.25, 0.3) is 5.70 Å². The molecule has 2 aromatic rings. The average molecular weight is 444 g/mol. The number of carbonyl (C=O) groups excluding carboxylic acids is 2. The second-order valence-corrected chi connectivity index (χ2v) is 7.53. The van der Waals surface area contributed by atoms with Gasteiger partial charge in [0.1, 0.15) is 11.0 Å². The Labute approximate surface area is 185 Å². The van der Waals surface area contributed by atoms with E-state index in [2.05, 4.69) is 9.98 Å². The molecule has 3 rings (SSSR count). The molecule has 0 atom stereocenters. The quantitative estimate of drug-likeness (QED) is 0.536. The van der Waals surface area contributed by atoms with Crippen molar-refractivity contribution in [3.63, 3.8) is 0 Å². The van der Waals surface area contributed by atoms with Crippen molar-refractivity contribution in [2.24, 2.45) is 10.7 Å². The van der Waals surface area contributed by atoms with Gasteiger partial charge in [0.25, 0.3) is 5.91 Å². The van der Waals surface area contributed by atoms with E-state index in [-0.39, 0.29) is 34.1 Å². The third-order valence-corrected chi connectivity index (χ3v) is 5.38. The molecule has 0 unspecified atom stereocenters. The molecular weight excluding hydrogens is 421 g/mol. The second kappa shape index (κ2) is 9.83. The van der Waals surface area contributed by atoms with Gasteiger partial charge in [-0.3, -0.25) is 4.79 Å². The number of aliphatic imine (C=N–C) groups is 1. The maximum Gasteiger partial charge on any atom is 0.338 e. The van der Waals surface area contributed by atoms with Crippen molar-refractivity contribution in [2.45, 2.75) is 39.5 Å². The summed E-state index contributed by atoms with van der Waals surface area (Å²) in [5.74, 6) is -1.75. The highest BCUT2D eigenvalue weighted by molar-refractivity contribution is 6.33. The van der Waals surface area contributed by atoms with E-state index in [1.54, 1.807) is 19.9 Å². The van der Waals surface area contributed by atoms with Gasteiger partial charge in [0.2, 0.25) is 0 Å². The lowest BCUT2D eigenvalue weighted by atomic mass is 9.89. The fraction of sp³-hybridized carbons (Fsp3) is 0.304. The fourth-order valence-corrected chi connectivity index (χ4v) is 3.79. The summed E-state index contributed by atoms with van der Waals surface area (Å²) in [5.41, 5.74) is 8.83. The third-order valence-electron chi connectivity index (χ3n) is 5.10. The van der Waals surface area contributed by atoms with Crippen LogP contribution in [0, 0.1) is 12.7 Å². The molecule has 1 heterocycles. The monoisotopic (exact) mass is 443 g/mol. The molecule has 1 aliphatic carbocycles. The standard InChI is InChI=1S/C23H23ClFN3O3/c1-3-31-23(30)14-8-9-15(17(25)12-14)20(26)16-6-4-5-7-18(16)28-22(29)19-13(2)10-11-27-21(19)24/h8-12H,3-7,26H2,1-2H3.